The summed E-state index contributed by atoms with van der Waals surface area (Å²) in [7, 11) is 3.10. The average molecular weight is 509 g/mol. The Morgan fingerprint density at radius 2 is 1.93 bits per heavy atom. The van der Waals surface area contributed by atoms with Gasteiger partial charge < -0.3 is 20.3 Å². The molecule has 0 saturated carbocycles. The second-order valence-corrected chi connectivity index (χ2v) is 6.63. The van der Waals surface area contributed by atoms with Crippen LogP contribution in [0.25, 0.3) is 0 Å². The summed E-state index contributed by atoms with van der Waals surface area (Å²) >= 11 is 6.02. The number of halogens is 2. The third-order valence-corrected chi connectivity index (χ3v) is 4.77. The van der Waals surface area contributed by atoms with E-state index in [4.69, 9.17) is 16.3 Å². The van der Waals surface area contributed by atoms with Crippen LogP contribution < -0.4 is 10.6 Å². The van der Waals surface area contributed by atoms with Gasteiger partial charge in [-0.3, -0.25) is 14.6 Å². The van der Waals surface area contributed by atoms with Gasteiger partial charge in [-0.1, -0.05) is 30.7 Å². The van der Waals surface area contributed by atoms with Gasteiger partial charge in [0.2, 0.25) is 0 Å². The van der Waals surface area contributed by atoms with Crippen LogP contribution in [0, 0.1) is 11.8 Å². The first-order chi connectivity index (χ1) is 12.5. The molecule has 0 radical (unpaired) electrons. The highest BCUT2D eigenvalue weighted by Gasteiger charge is 2.36. The number of amides is 1. The van der Waals surface area contributed by atoms with Crippen molar-refractivity contribution in [3.63, 3.8) is 0 Å². The Bertz CT molecular complexity index is 686. The predicted molar refractivity (Wildman–Crippen MR) is 117 cm³/mol. The second-order valence-electron chi connectivity index (χ2n) is 6.22. The zero-order valence-electron chi connectivity index (χ0n) is 15.7. The van der Waals surface area contributed by atoms with E-state index >= 15 is 0 Å². The van der Waals surface area contributed by atoms with Gasteiger partial charge in [-0.15, -0.1) is 24.0 Å². The van der Waals surface area contributed by atoms with E-state index in [9.17, 15) is 9.59 Å². The Kier molecular flexibility index (Phi) is 9.86. The van der Waals surface area contributed by atoms with Crippen molar-refractivity contribution in [2.75, 3.05) is 40.3 Å². The van der Waals surface area contributed by atoms with Gasteiger partial charge in [-0.25, -0.2) is 0 Å². The molecule has 9 heteroatoms. The number of guanidine groups is 1. The molecule has 1 aromatic rings. The smallest absolute Gasteiger partial charge is 0.310 e. The Balaban J connectivity index is 0.00000364. The third-order valence-electron chi connectivity index (χ3n) is 4.44. The predicted octanol–water partition coefficient (Wildman–Crippen LogP) is 2.00. The Morgan fingerprint density at radius 1 is 1.26 bits per heavy atom. The highest BCUT2D eigenvalue weighted by atomic mass is 127. The Labute approximate surface area is 181 Å². The fraction of sp³-hybridized carbons (Fsp3) is 0.500. The van der Waals surface area contributed by atoms with Crippen LogP contribution in [0.5, 0.6) is 0 Å². The first-order valence-corrected chi connectivity index (χ1v) is 8.91. The summed E-state index contributed by atoms with van der Waals surface area (Å²) in [4.78, 5) is 30.2. The summed E-state index contributed by atoms with van der Waals surface area (Å²) in [6.07, 6.45) is 0. The van der Waals surface area contributed by atoms with Crippen molar-refractivity contribution in [2.45, 2.75) is 6.92 Å². The molecular formula is C18H26ClIN4O3. The molecular weight excluding hydrogens is 483 g/mol. The molecule has 0 aromatic heterocycles. The van der Waals surface area contributed by atoms with Crippen LogP contribution in [0.3, 0.4) is 0 Å². The van der Waals surface area contributed by atoms with Gasteiger partial charge in [0, 0.05) is 33.2 Å². The van der Waals surface area contributed by atoms with Crippen molar-refractivity contribution < 1.29 is 14.3 Å². The number of aliphatic imine (C=N–C) groups is 1. The highest BCUT2D eigenvalue weighted by molar-refractivity contribution is 14.0. The minimum absolute atomic E-state index is 0. The van der Waals surface area contributed by atoms with Crippen LogP contribution >= 0.6 is 35.6 Å². The van der Waals surface area contributed by atoms with E-state index in [0.717, 1.165) is 6.54 Å². The quantitative estimate of drug-likeness (QED) is 0.209. The highest BCUT2D eigenvalue weighted by Crippen LogP contribution is 2.24. The number of esters is 1. The summed E-state index contributed by atoms with van der Waals surface area (Å²) in [6.45, 7) is 4.26. The van der Waals surface area contributed by atoms with Gasteiger partial charge in [0.15, 0.2) is 5.96 Å². The molecule has 0 bridgehead atoms. The normalized spacial score (nSPS) is 19.3. The molecule has 27 heavy (non-hydrogen) atoms. The maximum atomic E-state index is 12.1. The van der Waals surface area contributed by atoms with Crippen LogP contribution in [0.4, 0.5) is 0 Å². The second kappa shape index (κ2) is 11.3. The molecule has 1 heterocycles. The number of carbonyl (C=O) groups excluding carboxylic acids is 2. The first kappa shape index (κ1) is 23.5. The van der Waals surface area contributed by atoms with E-state index in [1.165, 1.54) is 7.11 Å². The molecule has 1 aromatic carbocycles. The molecule has 0 aliphatic carbocycles. The van der Waals surface area contributed by atoms with E-state index in [1.54, 1.807) is 31.3 Å². The minimum Gasteiger partial charge on any atom is -0.469 e. The van der Waals surface area contributed by atoms with Gasteiger partial charge in [-0.05, 0) is 18.1 Å². The number of likely N-dealkylation sites (tertiary alicyclic amines) is 1. The number of nitrogens with one attached hydrogen (secondary N) is 2. The monoisotopic (exact) mass is 508 g/mol. The zero-order valence-corrected chi connectivity index (χ0v) is 18.8. The standard InChI is InChI=1S/C18H25ClN4O3.HI/c1-12-10-23(11-14(12)17(25)26-3)18(20-2)22-9-8-21-16(24)13-6-4-5-7-15(13)19;/h4-7,12,14H,8-11H2,1-3H3,(H,20,22)(H,21,24);1H. The van der Waals surface area contributed by atoms with Crippen LogP contribution in [0.15, 0.2) is 29.3 Å². The van der Waals surface area contributed by atoms with E-state index < -0.39 is 0 Å². The first-order valence-electron chi connectivity index (χ1n) is 8.54. The number of hydrogen-bond donors (Lipinski definition) is 2. The number of rotatable bonds is 5. The fourth-order valence-electron chi connectivity index (χ4n) is 3.02. The van der Waals surface area contributed by atoms with Crippen molar-refractivity contribution in [3.8, 4) is 0 Å². The van der Waals surface area contributed by atoms with Crippen molar-refractivity contribution in [1.82, 2.24) is 15.5 Å². The number of nitrogens with zero attached hydrogens (tertiary/aromatic N) is 2. The lowest BCUT2D eigenvalue weighted by Gasteiger charge is -2.21. The lowest BCUT2D eigenvalue weighted by atomic mass is 9.99. The molecule has 7 nitrogen and oxygen atoms in total. The summed E-state index contributed by atoms with van der Waals surface area (Å²) in [5.74, 6) is 0.338. The van der Waals surface area contributed by atoms with Gasteiger partial charge in [0.25, 0.3) is 5.91 Å². The fourth-order valence-corrected chi connectivity index (χ4v) is 3.24. The third kappa shape index (κ3) is 6.24. The van der Waals surface area contributed by atoms with Crippen LogP contribution in [-0.2, 0) is 9.53 Å². The van der Waals surface area contributed by atoms with Gasteiger partial charge in [-0.2, -0.15) is 0 Å². The number of carbonyl (C=O) groups is 2. The van der Waals surface area contributed by atoms with Crippen molar-refractivity contribution in [1.29, 1.82) is 0 Å². The topological polar surface area (TPSA) is 83.0 Å². The van der Waals surface area contributed by atoms with Gasteiger partial charge in [0.05, 0.1) is 23.6 Å². The molecule has 1 aliphatic heterocycles. The molecule has 1 fully saturated rings. The van der Waals surface area contributed by atoms with Crippen LogP contribution in [-0.4, -0.2) is 63.1 Å². The molecule has 2 N–H and O–H groups in total. The lowest BCUT2D eigenvalue weighted by Crippen LogP contribution is -2.43. The van der Waals surface area contributed by atoms with E-state index in [-0.39, 0.29) is 47.7 Å². The molecule has 1 aliphatic rings. The SMILES string of the molecule is CN=C(NCCNC(=O)c1ccccc1Cl)N1CC(C)C(C(=O)OC)C1.I. The molecule has 1 saturated heterocycles. The molecule has 2 unspecified atom stereocenters. The van der Waals surface area contributed by atoms with Gasteiger partial charge in [0.1, 0.15) is 0 Å². The van der Waals surface area contributed by atoms with E-state index in [1.807, 2.05) is 11.8 Å². The number of ether oxygens (including phenoxy) is 1. The molecule has 1 amide bonds. The lowest BCUT2D eigenvalue weighted by molar-refractivity contribution is -0.145. The zero-order chi connectivity index (χ0) is 19.1. The summed E-state index contributed by atoms with van der Waals surface area (Å²) in [6, 6.07) is 6.92. The van der Waals surface area contributed by atoms with E-state index in [0.29, 0.717) is 36.2 Å². The van der Waals surface area contributed by atoms with Gasteiger partial charge >= 0.3 is 5.97 Å². The molecule has 2 atom stereocenters. The molecule has 150 valence electrons. The van der Waals surface area contributed by atoms with Crippen molar-refractivity contribution >= 4 is 53.4 Å². The number of benzene rings is 1. The number of methoxy groups -OCH3 is 1. The summed E-state index contributed by atoms with van der Waals surface area (Å²) in [5.41, 5.74) is 0.452. The van der Waals surface area contributed by atoms with Crippen molar-refractivity contribution in [2.24, 2.45) is 16.8 Å². The Hall–Kier alpha value is -1.55. The van der Waals surface area contributed by atoms with E-state index in [2.05, 4.69) is 15.6 Å². The molecule has 0 spiro atoms. The maximum absolute atomic E-state index is 12.1. The summed E-state index contributed by atoms with van der Waals surface area (Å²) in [5, 5.41) is 6.45. The average Bonchev–Trinajstić information content (AvgIpc) is 3.02. The largest absolute Gasteiger partial charge is 0.469 e. The Morgan fingerprint density at radius 3 is 2.56 bits per heavy atom. The van der Waals surface area contributed by atoms with Crippen molar-refractivity contribution in [3.05, 3.63) is 34.9 Å². The minimum atomic E-state index is -0.215. The summed E-state index contributed by atoms with van der Waals surface area (Å²) < 4.78 is 4.86. The number of hydrogen-bond acceptors (Lipinski definition) is 4. The van der Waals surface area contributed by atoms with Crippen LogP contribution in [0.1, 0.15) is 17.3 Å². The molecule has 2 rings (SSSR count). The van der Waals surface area contributed by atoms with Crippen LogP contribution in [0.2, 0.25) is 5.02 Å². The maximum Gasteiger partial charge on any atom is 0.310 e.